The molecule has 5 rings (SSSR count). The zero-order chi connectivity index (χ0) is 29.4. The van der Waals surface area contributed by atoms with Gasteiger partial charge in [0.2, 0.25) is 5.95 Å². The lowest BCUT2D eigenvalue weighted by molar-refractivity contribution is 0.0962. The number of hydrogen-bond donors (Lipinski definition) is 3. The van der Waals surface area contributed by atoms with Crippen LogP contribution in [0.5, 0.6) is 5.75 Å². The van der Waals surface area contributed by atoms with Crippen molar-refractivity contribution in [3.8, 4) is 5.75 Å². The number of aromatic nitrogens is 4. The lowest BCUT2D eigenvalue weighted by Gasteiger charge is -2.17. The van der Waals surface area contributed by atoms with Crippen molar-refractivity contribution in [2.24, 2.45) is 0 Å². The largest absolute Gasteiger partial charge is 0.493 e. The molecule has 15 heteroatoms. The van der Waals surface area contributed by atoms with Gasteiger partial charge in [-0.2, -0.15) is 4.98 Å². The SMILES string of the molecule is CNC(=O)c1c[nH]c(=O)c(Cn2c(=O)nc(Nc3cc4c(cc3Cl)OCC4)n(Cc3cc(F)c(F)c(F)c3)c2=O)c1. The second-order valence-electron chi connectivity index (χ2n) is 9.03. The number of pyridine rings is 1. The van der Waals surface area contributed by atoms with Crippen LogP contribution in [-0.4, -0.2) is 38.7 Å². The molecule has 1 aliphatic heterocycles. The molecule has 2 aromatic carbocycles. The van der Waals surface area contributed by atoms with Crippen molar-refractivity contribution in [3.05, 3.63) is 113 Å². The number of ether oxygens (including phenoxy) is 1. The van der Waals surface area contributed by atoms with Gasteiger partial charge in [-0.15, -0.1) is 0 Å². The summed E-state index contributed by atoms with van der Waals surface area (Å²) in [6.45, 7) is -0.701. The Bertz CT molecular complexity index is 1860. The summed E-state index contributed by atoms with van der Waals surface area (Å²) in [6.07, 6.45) is 1.75. The fourth-order valence-electron chi connectivity index (χ4n) is 4.30. The minimum Gasteiger partial charge on any atom is -0.493 e. The van der Waals surface area contributed by atoms with Gasteiger partial charge in [0.15, 0.2) is 17.5 Å². The van der Waals surface area contributed by atoms with Crippen molar-refractivity contribution in [1.82, 2.24) is 24.4 Å². The lowest BCUT2D eigenvalue weighted by atomic mass is 10.1. The topological polar surface area (TPSA) is 140 Å². The van der Waals surface area contributed by atoms with Gasteiger partial charge in [0.25, 0.3) is 11.5 Å². The Balaban J connectivity index is 1.63. The number of rotatable bonds is 7. The Kier molecular flexibility index (Phi) is 7.41. The Morgan fingerprint density at radius 1 is 1.07 bits per heavy atom. The van der Waals surface area contributed by atoms with Gasteiger partial charge in [-0.05, 0) is 35.4 Å². The first-order chi connectivity index (χ1) is 19.5. The van der Waals surface area contributed by atoms with E-state index >= 15 is 0 Å². The van der Waals surface area contributed by atoms with Crippen LogP contribution in [0.25, 0.3) is 0 Å². The summed E-state index contributed by atoms with van der Waals surface area (Å²) < 4.78 is 48.5. The fourth-order valence-corrected chi connectivity index (χ4v) is 4.50. The molecule has 1 aliphatic rings. The number of nitrogens with one attached hydrogen (secondary N) is 3. The van der Waals surface area contributed by atoms with Crippen molar-refractivity contribution >= 4 is 29.1 Å². The van der Waals surface area contributed by atoms with E-state index in [4.69, 9.17) is 16.3 Å². The maximum atomic E-state index is 14.0. The van der Waals surface area contributed by atoms with E-state index in [-0.39, 0.29) is 33.3 Å². The molecular weight excluding hydrogens is 569 g/mol. The van der Waals surface area contributed by atoms with Crippen LogP contribution in [0, 0.1) is 17.5 Å². The van der Waals surface area contributed by atoms with E-state index in [1.165, 1.54) is 19.3 Å². The van der Waals surface area contributed by atoms with Gasteiger partial charge in [0.1, 0.15) is 5.75 Å². The maximum Gasteiger partial charge on any atom is 0.355 e. The Morgan fingerprint density at radius 3 is 2.51 bits per heavy atom. The highest BCUT2D eigenvalue weighted by Crippen LogP contribution is 2.35. The number of H-pyrrole nitrogens is 1. The zero-order valence-electron chi connectivity index (χ0n) is 21.2. The van der Waals surface area contributed by atoms with Crippen LogP contribution in [0.2, 0.25) is 5.02 Å². The van der Waals surface area contributed by atoms with E-state index < -0.39 is 53.4 Å². The molecule has 0 aliphatic carbocycles. The number of benzene rings is 2. The molecule has 3 N–H and O–H groups in total. The van der Waals surface area contributed by atoms with Crippen molar-refractivity contribution in [1.29, 1.82) is 0 Å². The van der Waals surface area contributed by atoms with Crippen LogP contribution < -0.4 is 32.3 Å². The molecule has 4 aromatic rings. The third-order valence-corrected chi connectivity index (χ3v) is 6.67. The second kappa shape index (κ2) is 11.0. The molecule has 0 unspecified atom stereocenters. The summed E-state index contributed by atoms with van der Waals surface area (Å²) in [5, 5.41) is 5.38. The number of amides is 1. The predicted octanol–water partition coefficient (Wildman–Crippen LogP) is 2.30. The number of anilines is 2. The Labute approximate surface area is 233 Å². The highest BCUT2D eigenvalue weighted by Gasteiger charge is 2.21. The van der Waals surface area contributed by atoms with Crippen molar-refractivity contribution < 1.29 is 22.7 Å². The number of carbonyl (C=O) groups is 1. The van der Waals surface area contributed by atoms with Gasteiger partial charge in [0, 0.05) is 31.3 Å². The quantitative estimate of drug-likeness (QED) is 0.281. The standard InChI is InChI=1S/C26H20ClF3N6O5/c1-31-22(37)14-6-15(23(38)32-9-14)11-36-25(39)34-24(33-19-7-13-2-3-41-20(13)8-16(19)27)35(26(36)40)10-12-4-17(28)21(30)18(29)5-12/h4-9H,2-3,10-11H2,1H3,(H,31,37)(H,32,38)(H,33,34,39). The lowest BCUT2D eigenvalue weighted by Crippen LogP contribution is -2.43. The minimum atomic E-state index is -1.69. The van der Waals surface area contributed by atoms with Crippen LogP contribution in [0.1, 0.15) is 27.0 Å². The molecule has 41 heavy (non-hydrogen) atoms. The molecule has 3 heterocycles. The Morgan fingerprint density at radius 2 is 1.80 bits per heavy atom. The molecule has 0 bridgehead atoms. The summed E-state index contributed by atoms with van der Waals surface area (Å²) in [6, 6.07) is 5.79. The molecule has 2 aromatic heterocycles. The molecule has 1 amide bonds. The van der Waals surface area contributed by atoms with E-state index in [0.717, 1.165) is 10.1 Å². The van der Waals surface area contributed by atoms with Crippen LogP contribution in [0.4, 0.5) is 24.8 Å². The molecule has 0 saturated heterocycles. The molecule has 0 fully saturated rings. The van der Waals surface area contributed by atoms with E-state index in [1.54, 1.807) is 12.1 Å². The molecule has 11 nitrogen and oxygen atoms in total. The van der Waals surface area contributed by atoms with Gasteiger partial charge >= 0.3 is 11.4 Å². The normalized spacial score (nSPS) is 12.1. The van der Waals surface area contributed by atoms with Gasteiger partial charge in [-0.25, -0.2) is 27.3 Å². The first-order valence-corrected chi connectivity index (χ1v) is 12.4. The highest BCUT2D eigenvalue weighted by molar-refractivity contribution is 6.33. The smallest absolute Gasteiger partial charge is 0.355 e. The second-order valence-corrected chi connectivity index (χ2v) is 9.44. The summed E-state index contributed by atoms with van der Waals surface area (Å²) in [4.78, 5) is 57.5. The zero-order valence-corrected chi connectivity index (χ0v) is 21.9. The van der Waals surface area contributed by atoms with Crippen molar-refractivity contribution in [3.63, 3.8) is 0 Å². The maximum absolute atomic E-state index is 14.0. The molecule has 0 saturated carbocycles. The molecule has 212 valence electrons. The van der Waals surface area contributed by atoms with Crippen LogP contribution in [0.15, 0.2) is 50.9 Å². The number of carbonyl (C=O) groups excluding carboxylic acids is 1. The summed E-state index contributed by atoms with van der Waals surface area (Å²) in [5.41, 5.74) is -1.91. The summed E-state index contributed by atoms with van der Waals surface area (Å²) in [5.74, 6) is -4.95. The van der Waals surface area contributed by atoms with Gasteiger partial charge in [-0.1, -0.05) is 11.6 Å². The van der Waals surface area contributed by atoms with Crippen LogP contribution in [0.3, 0.4) is 0 Å². The van der Waals surface area contributed by atoms with E-state index in [2.05, 4.69) is 20.6 Å². The van der Waals surface area contributed by atoms with Crippen LogP contribution in [-0.2, 0) is 19.5 Å². The fraction of sp³-hybridized carbons (Fsp3) is 0.192. The minimum absolute atomic E-state index is 0.0641. The van der Waals surface area contributed by atoms with E-state index in [9.17, 15) is 32.3 Å². The predicted molar refractivity (Wildman–Crippen MR) is 142 cm³/mol. The Hall–Kier alpha value is -4.85. The highest BCUT2D eigenvalue weighted by atomic mass is 35.5. The average Bonchev–Trinajstić information content (AvgIpc) is 3.39. The molecule has 0 atom stereocenters. The van der Waals surface area contributed by atoms with Gasteiger partial charge in [-0.3, -0.25) is 14.2 Å². The van der Waals surface area contributed by atoms with Crippen molar-refractivity contribution in [2.45, 2.75) is 19.5 Å². The summed E-state index contributed by atoms with van der Waals surface area (Å²) in [7, 11) is 1.38. The third kappa shape index (κ3) is 5.45. The van der Waals surface area contributed by atoms with Gasteiger partial charge in [0.05, 0.1) is 36.0 Å². The summed E-state index contributed by atoms with van der Waals surface area (Å²) >= 11 is 6.36. The van der Waals surface area contributed by atoms with E-state index in [1.807, 2.05) is 0 Å². The van der Waals surface area contributed by atoms with Gasteiger partial charge < -0.3 is 20.4 Å². The van der Waals surface area contributed by atoms with Crippen molar-refractivity contribution in [2.75, 3.05) is 19.0 Å². The average molecular weight is 589 g/mol. The monoisotopic (exact) mass is 588 g/mol. The third-order valence-electron chi connectivity index (χ3n) is 6.36. The van der Waals surface area contributed by atoms with Crippen LogP contribution >= 0.6 is 11.6 Å². The molecular formula is C26H20ClF3N6O5. The molecule has 0 spiro atoms. The first-order valence-electron chi connectivity index (χ1n) is 12.1. The molecule has 0 radical (unpaired) electrons. The van der Waals surface area contributed by atoms with E-state index in [0.29, 0.717) is 35.5 Å². The number of halogens is 4. The number of hydrogen-bond acceptors (Lipinski definition) is 7. The number of nitrogens with zero attached hydrogens (tertiary/aromatic N) is 3. The first kappa shape index (κ1) is 27.7. The number of aromatic amines is 1. The number of fused-ring (bicyclic) bond motifs is 1.